The second-order valence-electron chi connectivity index (χ2n) is 4.60. The molecule has 1 heterocycles. The second-order valence-corrected chi connectivity index (χ2v) is 4.60. The van der Waals surface area contributed by atoms with Crippen LogP contribution >= 0.6 is 0 Å². The van der Waals surface area contributed by atoms with Gasteiger partial charge in [0.15, 0.2) is 0 Å². The van der Waals surface area contributed by atoms with Crippen molar-refractivity contribution in [2.24, 2.45) is 0 Å². The molecule has 1 aromatic rings. The number of rotatable bonds is 5. The molecule has 0 aliphatic heterocycles. The van der Waals surface area contributed by atoms with Gasteiger partial charge in [0.2, 0.25) is 11.9 Å². The Bertz CT molecular complexity index is 339. The minimum atomic E-state index is -0.433. The van der Waals surface area contributed by atoms with Gasteiger partial charge in [0.1, 0.15) is 5.82 Å². The molecule has 0 radical (unpaired) electrons. The van der Waals surface area contributed by atoms with Gasteiger partial charge in [-0.2, -0.15) is 15.0 Å². The highest BCUT2D eigenvalue weighted by molar-refractivity contribution is 5.36. The molecule has 0 aliphatic rings. The summed E-state index contributed by atoms with van der Waals surface area (Å²) < 4.78 is 0. The van der Waals surface area contributed by atoms with Crippen LogP contribution in [0.3, 0.4) is 0 Å². The predicted molar refractivity (Wildman–Crippen MR) is 68.4 cm³/mol. The molecule has 6 heteroatoms. The molecule has 2 N–H and O–H groups in total. The van der Waals surface area contributed by atoms with Gasteiger partial charge in [-0.1, -0.05) is 13.8 Å². The van der Waals surface area contributed by atoms with Gasteiger partial charge in [-0.25, -0.2) is 0 Å². The maximum atomic E-state index is 9.23. The van der Waals surface area contributed by atoms with Gasteiger partial charge in [-0.3, -0.25) is 0 Å². The second kappa shape index (κ2) is 5.77. The maximum absolute atomic E-state index is 9.23. The number of nitrogens with zero attached hydrogens (tertiary/aromatic N) is 4. The number of aliphatic hydroxyl groups is 1. The van der Waals surface area contributed by atoms with Gasteiger partial charge in [0, 0.05) is 26.6 Å². The summed E-state index contributed by atoms with van der Waals surface area (Å²) >= 11 is 0. The standard InChI is InChI=1S/C11H21N5O/c1-7(2)9-13-10(12-6-8(3)17)15-11(14-9)16(4)5/h7-8,17H,6H2,1-5H3,(H,12,13,14,15)/t8-/m1/s1. The van der Waals surface area contributed by atoms with E-state index in [0.717, 1.165) is 5.82 Å². The average Bonchev–Trinajstić information content (AvgIpc) is 2.25. The highest BCUT2D eigenvalue weighted by Gasteiger charge is 2.10. The molecule has 1 rings (SSSR count). The van der Waals surface area contributed by atoms with Gasteiger partial charge in [-0.05, 0) is 6.92 Å². The minimum absolute atomic E-state index is 0.240. The van der Waals surface area contributed by atoms with E-state index in [1.165, 1.54) is 0 Å². The zero-order valence-corrected chi connectivity index (χ0v) is 11.1. The van der Waals surface area contributed by atoms with Crippen LogP contribution in [0.5, 0.6) is 0 Å². The Kier molecular flexibility index (Phi) is 4.62. The number of anilines is 2. The molecule has 0 amide bonds. The first kappa shape index (κ1) is 13.6. The van der Waals surface area contributed by atoms with Gasteiger partial charge in [-0.15, -0.1) is 0 Å². The molecule has 1 atom stereocenters. The third-order valence-corrected chi connectivity index (χ3v) is 2.11. The third-order valence-electron chi connectivity index (χ3n) is 2.11. The van der Waals surface area contributed by atoms with Crippen LogP contribution in [0.4, 0.5) is 11.9 Å². The van der Waals surface area contributed by atoms with Crippen LogP contribution in [0.1, 0.15) is 32.5 Å². The van der Waals surface area contributed by atoms with Crippen molar-refractivity contribution < 1.29 is 5.11 Å². The van der Waals surface area contributed by atoms with Crippen LogP contribution in [0.15, 0.2) is 0 Å². The zero-order chi connectivity index (χ0) is 13.0. The average molecular weight is 239 g/mol. The monoisotopic (exact) mass is 239 g/mol. The SMILES string of the molecule is CC(C)c1nc(NC[C@@H](C)O)nc(N(C)C)n1. The van der Waals surface area contributed by atoms with E-state index in [-0.39, 0.29) is 5.92 Å². The number of hydrogen-bond acceptors (Lipinski definition) is 6. The fourth-order valence-corrected chi connectivity index (χ4v) is 1.16. The molecule has 0 unspecified atom stereocenters. The summed E-state index contributed by atoms with van der Waals surface area (Å²) in [4.78, 5) is 14.8. The Morgan fingerprint density at radius 2 is 1.82 bits per heavy atom. The van der Waals surface area contributed by atoms with E-state index in [9.17, 15) is 5.11 Å². The Labute approximate surface area is 102 Å². The van der Waals surface area contributed by atoms with E-state index in [0.29, 0.717) is 18.4 Å². The summed E-state index contributed by atoms with van der Waals surface area (Å²) in [6, 6.07) is 0. The van der Waals surface area contributed by atoms with Crippen LogP contribution < -0.4 is 10.2 Å². The lowest BCUT2D eigenvalue weighted by Gasteiger charge is -2.15. The summed E-state index contributed by atoms with van der Waals surface area (Å²) in [7, 11) is 3.77. The molecule has 0 aliphatic carbocycles. The Morgan fingerprint density at radius 3 is 2.29 bits per heavy atom. The van der Waals surface area contributed by atoms with E-state index in [4.69, 9.17) is 0 Å². The molecular weight excluding hydrogens is 218 g/mol. The van der Waals surface area contributed by atoms with Gasteiger partial charge < -0.3 is 15.3 Å². The summed E-state index contributed by atoms with van der Waals surface area (Å²) in [5.41, 5.74) is 0. The molecule has 0 saturated heterocycles. The smallest absolute Gasteiger partial charge is 0.229 e. The van der Waals surface area contributed by atoms with E-state index in [1.807, 2.05) is 32.8 Å². The largest absolute Gasteiger partial charge is 0.392 e. The molecule has 1 aromatic heterocycles. The van der Waals surface area contributed by atoms with Crippen LogP contribution in [-0.2, 0) is 0 Å². The minimum Gasteiger partial charge on any atom is -0.392 e. The lowest BCUT2D eigenvalue weighted by atomic mass is 10.2. The molecular formula is C11H21N5O. The van der Waals surface area contributed by atoms with Crippen LogP contribution in [0.25, 0.3) is 0 Å². The van der Waals surface area contributed by atoms with E-state index >= 15 is 0 Å². The summed E-state index contributed by atoms with van der Waals surface area (Å²) in [6.45, 7) is 6.21. The van der Waals surface area contributed by atoms with Crippen molar-refractivity contribution in [3.05, 3.63) is 5.82 Å². The maximum Gasteiger partial charge on any atom is 0.229 e. The van der Waals surface area contributed by atoms with E-state index in [2.05, 4.69) is 20.3 Å². The number of hydrogen-bond donors (Lipinski definition) is 2. The van der Waals surface area contributed by atoms with Crippen LogP contribution in [0, 0.1) is 0 Å². The molecule has 96 valence electrons. The lowest BCUT2D eigenvalue weighted by Crippen LogP contribution is -2.20. The van der Waals surface area contributed by atoms with Crippen molar-refractivity contribution in [2.75, 3.05) is 30.9 Å². The summed E-state index contributed by atoms with van der Waals surface area (Å²) in [5.74, 6) is 2.12. The fourth-order valence-electron chi connectivity index (χ4n) is 1.16. The normalized spacial score (nSPS) is 12.6. The first-order valence-corrected chi connectivity index (χ1v) is 5.75. The Hall–Kier alpha value is -1.43. The lowest BCUT2D eigenvalue weighted by molar-refractivity contribution is 0.208. The first-order valence-electron chi connectivity index (χ1n) is 5.75. The van der Waals surface area contributed by atoms with E-state index in [1.54, 1.807) is 6.92 Å². The van der Waals surface area contributed by atoms with Gasteiger partial charge in [0.05, 0.1) is 6.10 Å². The number of aromatic nitrogens is 3. The Balaban J connectivity index is 2.95. The van der Waals surface area contributed by atoms with Crippen molar-refractivity contribution in [2.45, 2.75) is 32.8 Å². The predicted octanol–water partition coefficient (Wildman–Crippen LogP) is 0.854. The van der Waals surface area contributed by atoms with Crippen LogP contribution in [0.2, 0.25) is 0 Å². The molecule has 0 fully saturated rings. The summed E-state index contributed by atoms with van der Waals surface area (Å²) in [6.07, 6.45) is -0.433. The van der Waals surface area contributed by atoms with Crippen molar-refractivity contribution >= 4 is 11.9 Å². The van der Waals surface area contributed by atoms with Crippen molar-refractivity contribution in [1.82, 2.24) is 15.0 Å². The molecule has 6 nitrogen and oxygen atoms in total. The fraction of sp³-hybridized carbons (Fsp3) is 0.727. The topological polar surface area (TPSA) is 74.2 Å². The van der Waals surface area contributed by atoms with Gasteiger partial charge in [0.25, 0.3) is 0 Å². The first-order chi connectivity index (χ1) is 7.90. The molecule has 0 bridgehead atoms. The molecule has 0 aromatic carbocycles. The highest BCUT2D eigenvalue weighted by atomic mass is 16.3. The zero-order valence-electron chi connectivity index (χ0n) is 11.1. The van der Waals surface area contributed by atoms with Crippen LogP contribution in [-0.4, -0.2) is 46.8 Å². The molecule has 17 heavy (non-hydrogen) atoms. The number of aliphatic hydroxyl groups excluding tert-OH is 1. The highest BCUT2D eigenvalue weighted by Crippen LogP contribution is 2.14. The van der Waals surface area contributed by atoms with Crippen molar-refractivity contribution in [1.29, 1.82) is 0 Å². The van der Waals surface area contributed by atoms with Crippen molar-refractivity contribution in [3.8, 4) is 0 Å². The van der Waals surface area contributed by atoms with Crippen molar-refractivity contribution in [3.63, 3.8) is 0 Å². The third kappa shape index (κ3) is 4.14. The molecule has 0 saturated carbocycles. The number of nitrogens with one attached hydrogen (secondary N) is 1. The quantitative estimate of drug-likeness (QED) is 0.793. The Morgan fingerprint density at radius 1 is 1.18 bits per heavy atom. The summed E-state index contributed by atoms with van der Waals surface area (Å²) in [5, 5.41) is 12.2. The molecule has 0 spiro atoms. The van der Waals surface area contributed by atoms with Gasteiger partial charge >= 0.3 is 0 Å². The van der Waals surface area contributed by atoms with E-state index < -0.39 is 6.10 Å².